The standard InChI is InChI=1S/C19H27NO4/c1-22-17-8-7-14(10-18(17)23-2)16(13-5-6-13)11-19(21)20-12-15-4-3-9-24-15/h7-8,10,13,15-16H,3-6,9,11-12H2,1-2H3,(H,20,21). The van der Waals surface area contributed by atoms with Crippen LogP contribution in [0.2, 0.25) is 0 Å². The lowest BCUT2D eigenvalue weighted by Crippen LogP contribution is -2.32. The van der Waals surface area contributed by atoms with Crippen LogP contribution in [-0.2, 0) is 9.53 Å². The topological polar surface area (TPSA) is 56.8 Å². The molecule has 2 atom stereocenters. The van der Waals surface area contributed by atoms with Crippen LogP contribution < -0.4 is 14.8 Å². The fraction of sp³-hybridized carbons (Fsp3) is 0.632. The highest BCUT2D eigenvalue weighted by molar-refractivity contribution is 5.77. The molecule has 5 nitrogen and oxygen atoms in total. The first kappa shape index (κ1) is 17.1. The highest BCUT2D eigenvalue weighted by Gasteiger charge is 2.34. The Morgan fingerprint density at radius 1 is 1.25 bits per heavy atom. The summed E-state index contributed by atoms with van der Waals surface area (Å²) in [4.78, 5) is 12.4. The number of hydrogen-bond acceptors (Lipinski definition) is 4. The minimum absolute atomic E-state index is 0.109. The summed E-state index contributed by atoms with van der Waals surface area (Å²) in [6.45, 7) is 1.44. The molecule has 1 aliphatic heterocycles. The number of nitrogens with one attached hydrogen (secondary N) is 1. The first-order chi connectivity index (χ1) is 11.7. The van der Waals surface area contributed by atoms with Crippen LogP contribution in [0.1, 0.15) is 43.6 Å². The van der Waals surface area contributed by atoms with Crippen LogP contribution in [0.25, 0.3) is 0 Å². The van der Waals surface area contributed by atoms with Gasteiger partial charge in [-0.05, 0) is 55.2 Å². The van der Waals surface area contributed by atoms with Crippen LogP contribution in [0.3, 0.4) is 0 Å². The fourth-order valence-corrected chi connectivity index (χ4v) is 3.44. The maximum atomic E-state index is 12.4. The Labute approximate surface area is 143 Å². The van der Waals surface area contributed by atoms with Gasteiger partial charge in [-0.15, -0.1) is 0 Å². The SMILES string of the molecule is COc1ccc(C(CC(=O)NCC2CCCO2)C2CC2)cc1OC. The zero-order valence-corrected chi connectivity index (χ0v) is 14.5. The van der Waals surface area contributed by atoms with Gasteiger partial charge >= 0.3 is 0 Å². The predicted octanol–water partition coefficient (Wildman–Crippen LogP) is 2.88. The van der Waals surface area contributed by atoms with E-state index in [-0.39, 0.29) is 17.9 Å². The molecule has 1 amide bonds. The van der Waals surface area contributed by atoms with Crippen molar-refractivity contribution in [3.8, 4) is 11.5 Å². The van der Waals surface area contributed by atoms with Crippen molar-refractivity contribution in [2.24, 2.45) is 5.92 Å². The monoisotopic (exact) mass is 333 g/mol. The first-order valence-electron chi connectivity index (χ1n) is 8.81. The number of rotatable bonds is 8. The summed E-state index contributed by atoms with van der Waals surface area (Å²) in [6, 6.07) is 5.99. The summed E-state index contributed by atoms with van der Waals surface area (Å²) in [5.41, 5.74) is 1.16. The number of ether oxygens (including phenoxy) is 3. The molecule has 1 N–H and O–H groups in total. The normalized spacial score (nSPS) is 21.3. The molecule has 24 heavy (non-hydrogen) atoms. The molecule has 2 unspecified atom stereocenters. The lowest BCUT2D eigenvalue weighted by atomic mass is 9.90. The number of methoxy groups -OCH3 is 2. The molecule has 0 spiro atoms. The molecular formula is C19H27NO4. The van der Waals surface area contributed by atoms with Gasteiger partial charge in [0.2, 0.25) is 5.91 Å². The van der Waals surface area contributed by atoms with Crippen molar-refractivity contribution in [2.45, 2.75) is 44.1 Å². The molecule has 1 aromatic carbocycles. The molecule has 0 radical (unpaired) electrons. The van der Waals surface area contributed by atoms with Gasteiger partial charge in [0.1, 0.15) is 0 Å². The number of amides is 1. The average molecular weight is 333 g/mol. The Morgan fingerprint density at radius 3 is 2.67 bits per heavy atom. The van der Waals surface area contributed by atoms with Crippen molar-refractivity contribution in [2.75, 3.05) is 27.4 Å². The first-order valence-corrected chi connectivity index (χ1v) is 8.81. The zero-order valence-electron chi connectivity index (χ0n) is 14.5. The van der Waals surface area contributed by atoms with Gasteiger partial charge in [0.05, 0.1) is 20.3 Å². The summed E-state index contributed by atoms with van der Waals surface area (Å²) >= 11 is 0. The molecule has 1 aliphatic carbocycles. The molecule has 1 heterocycles. The molecule has 1 saturated carbocycles. The predicted molar refractivity (Wildman–Crippen MR) is 91.6 cm³/mol. The number of benzene rings is 1. The van der Waals surface area contributed by atoms with Crippen LogP contribution in [0.15, 0.2) is 18.2 Å². The van der Waals surface area contributed by atoms with Crippen molar-refractivity contribution in [1.82, 2.24) is 5.32 Å². The Hall–Kier alpha value is -1.75. The molecule has 0 aromatic heterocycles. The summed E-state index contributed by atoms with van der Waals surface area (Å²) in [6.07, 6.45) is 5.23. The Balaban J connectivity index is 1.63. The molecule has 132 valence electrons. The van der Waals surface area contributed by atoms with E-state index >= 15 is 0 Å². The molecule has 0 bridgehead atoms. The third-order valence-electron chi connectivity index (χ3n) is 4.98. The molecule has 2 fully saturated rings. The second-order valence-electron chi connectivity index (χ2n) is 6.70. The van der Waals surface area contributed by atoms with E-state index < -0.39 is 0 Å². The third kappa shape index (κ3) is 4.20. The minimum atomic E-state index is 0.109. The van der Waals surface area contributed by atoms with Gasteiger partial charge in [-0.2, -0.15) is 0 Å². The van der Waals surface area contributed by atoms with Crippen molar-refractivity contribution in [3.05, 3.63) is 23.8 Å². The summed E-state index contributed by atoms with van der Waals surface area (Å²) in [5, 5.41) is 3.04. The van der Waals surface area contributed by atoms with Gasteiger partial charge in [-0.3, -0.25) is 4.79 Å². The van der Waals surface area contributed by atoms with E-state index in [1.165, 1.54) is 12.8 Å². The summed E-state index contributed by atoms with van der Waals surface area (Å²) in [5.74, 6) is 2.39. The highest BCUT2D eigenvalue weighted by atomic mass is 16.5. The number of hydrogen-bond donors (Lipinski definition) is 1. The van der Waals surface area contributed by atoms with E-state index in [1.807, 2.05) is 12.1 Å². The molecule has 3 rings (SSSR count). The van der Waals surface area contributed by atoms with E-state index in [1.54, 1.807) is 14.2 Å². The molecule has 1 saturated heterocycles. The maximum absolute atomic E-state index is 12.4. The Kier molecular flexibility index (Phi) is 5.61. The highest BCUT2D eigenvalue weighted by Crippen LogP contribution is 2.46. The molecule has 1 aromatic rings. The molecule has 2 aliphatic rings. The van der Waals surface area contributed by atoms with E-state index in [0.29, 0.717) is 18.9 Å². The third-order valence-corrected chi connectivity index (χ3v) is 4.98. The largest absolute Gasteiger partial charge is 0.493 e. The lowest BCUT2D eigenvalue weighted by Gasteiger charge is -2.19. The van der Waals surface area contributed by atoms with Gasteiger partial charge in [0.25, 0.3) is 0 Å². The van der Waals surface area contributed by atoms with E-state index in [4.69, 9.17) is 14.2 Å². The van der Waals surface area contributed by atoms with Crippen LogP contribution >= 0.6 is 0 Å². The van der Waals surface area contributed by atoms with Crippen LogP contribution in [-0.4, -0.2) is 39.4 Å². The maximum Gasteiger partial charge on any atom is 0.220 e. The van der Waals surface area contributed by atoms with Gasteiger partial charge in [-0.25, -0.2) is 0 Å². The average Bonchev–Trinajstić information content (AvgIpc) is 3.32. The summed E-state index contributed by atoms with van der Waals surface area (Å²) in [7, 11) is 3.27. The van der Waals surface area contributed by atoms with Crippen molar-refractivity contribution in [1.29, 1.82) is 0 Å². The summed E-state index contributed by atoms with van der Waals surface area (Å²) < 4.78 is 16.3. The van der Waals surface area contributed by atoms with Crippen LogP contribution in [0.5, 0.6) is 11.5 Å². The minimum Gasteiger partial charge on any atom is -0.493 e. The molecule has 5 heteroatoms. The number of carbonyl (C=O) groups is 1. The lowest BCUT2D eigenvalue weighted by molar-refractivity contribution is -0.122. The smallest absolute Gasteiger partial charge is 0.220 e. The Bertz CT molecular complexity index is 564. The van der Waals surface area contributed by atoms with E-state index in [0.717, 1.165) is 36.5 Å². The molecular weight excluding hydrogens is 306 g/mol. The Morgan fingerprint density at radius 2 is 2.04 bits per heavy atom. The van der Waals surface area contributed by atoms with Crippen LogP contribution in [0.4, 0.5) is 0 Å². The van der Waals surface area contributed by atoms with Crippen molar-refractivity contribution < 1.29 is 19.0 Å². The number of carbonyl (C=O) groups excluding carboxylic acids is 1. The van der Waals surface area contributed by atoms with E-state index in [9.17, 15) is 4.79 Å². The van der Waals surface area contributed by atoms with Crippen molar-refractivity contribution >= 4 is 5.91 Å². The zero-order chi connectivity index (χ0) is 16.9. The van der Waals surface area contributed by atoms with Gasteiger partial charge in [0, 0.05) is 19.6 Å². The van der Waals surface area contributed by atoms with Gasteiger partial charge in [0.15, 0.2) is 11.5 Å². The van der Waals surface area contributed by atoms with E-state index in [2.05, 4.69) is 11.4 Å². The quantitative estimate of drug-likeness (QED) is 0.795. The fourth-order valence-electron chi connectivity index (χ4n) is 3.44. The van der Waals surface area contributed by atoms with Crippen LogP contribution in [0, 0.1) is 5.92 Å². The second kappa shape index (κ2) is 7.88. The van der Waals surface area contributed by atoms with Crippen molar-refractivity contribution in [3.63, 3.8) is 0 Å². The van der Waals surface area contributed by atoms with Gasteiger partial charge < -0.3 is 19.5 Å². The van der Waals surface area contributed by atoms with Gasteiger partial charge in [-0.1, -0.05) is 6.07 Å². The second-order valence-corrected chi connectivity index (χ2v) is 6.70.